The number of allylic oxidation sites excluding steroid dienone is 2. The predicted molar refractivity (Wildman–Crippen MR) is 117 cm³/mol. The second-order valence-corrected chi connectivity index (χ2v) is 6.67. The van der Waals surface area contributed by atoms with E-state index in [0.29, 0.717) is 29.5 Å². The van der Waals surface area contributed by atoms with Crippen molar-refractivity contribution in [1.29, 1.82) is 0 Å². The van der Waals surface area contributed by atoms with Crippen LogP contribution in [0.4, 0.5) is 17.5 Å². The lowest BCUT2D eigenvalue weighted by Gasteiger charge is -2.19. The summed E-state index contributed by atoms with van der Waals surface area (Å²) in [5.74, 6) is 1.19. The fourth-order valence-electron chi connectivity index (χ4n) is 3.31. The van der Waals surface area contributed by atoms with Crippen molar-refractivity contribution in [2.75, 3.05) is 18.1 Å². The number of hydrogen-bond donors (Lipinski definition) is 0. The summed E-state index contributed by atoms with van der Waals surface area (Å²) in [7, 11) is 0. The van der Waals surface area contributed by atoms with Crippen LogP contribution in [0.1, 0.15) is 5.56 Å². The third-order valence-corrected chi connectivity index (χ3v) is 4.79. The van der Waals surface area contributed by atoms with Gasteiger partial charge < -0.3 is 13.6 Å². The molecular formula is C25H21NO4. The second-order valence-electron chi connectivity index (χ2n) is 6.67. The van der Waals surface area contributed by atoms with Crippen LogP contribution in [0.15, 0.2) is 112 Å². The minimum atomic E-state index is -0.0886. The van der Waals surface area contributed by atoms with Crippen LogP contribution < -0.4 is 4.90 Å². The van der Waals surface area contributed by atoms with Crippen molar-refractivity contribution in [3.63, 3.8) is 0 Å². The maximum absolute atomic E-state index is 12.9. The van der Waals surface area contributed by atoms with E-state index in [1.54, 1.807) is 24.7 Å². The third-order valence-electron chi connectivity index (χ3n) is 4.79. The zero-order valence-corrected chi connectivity index (χ0v) is 16.4. The van der Waals surface area contributed by atoms with Gasteiger partial charge in [0.15, 0.2) is 5.78 Å². The number of Topliss-reactive ketones (excluding diaryl/α,β-unsaturated/α-hetero) is 1. The molecule has 0 bridgehead atoms. The van der Waals surface area contributed by atoms with Crippen molar-refractivity contribution in [2.45, 2.75) is 0 Å². The zero-order valence-electron chi connectivity index (χ0n) is 16.4. The summed E-state index contributed by atoms with van der Waals surface area (Å²) >= 11 is 0. The molecule has 0 radical (unpaired) electrons. The van der Waals surface area contributed by atoms with E-state index in [1.807, 2.05) is 59.5 Å². The second kappa shape index (κ2) is 8.68. The normalized spacial score (nSPS) is 15.9. The monoisotopic (exact) mass is 399 g/mol. The molecule has 1 aliphatic heterocycles. The van der Waals surface area contributed by atoms with Gasteiger partial charge in [-0.2, -0.15) is 0 Å². The topological polar surface area (TPSA) is 55.8 Å². The number of rotatable bonds is 6. The minimum Gasteiger partial charge on any atom is -0.448 e. The van der Waals surface area contributed by atoms with Crippen molar-refractivity contribution in [3.8, 4) is 0 Å². The van der Waals surface area contributed by atoms with Gasteiger partial charge in [-0.3, -0.25) is 9.69 Å². The first-order valence-electron chi connectivity index (χ1n) is 9.49. The van der Waals surface area contributed by atoms with Crippen LogP contribution in [0.5, 0.6) is 0 Å². The van der Waals surface area contributed by atoms with Gasteiger partial charge in [0, 0.05) is 23.3 Å². The van der Waals surface area contributed by atoms with E-state index in [4.69, 9.17) is 13.6 Å². The Kier molecular flexibility index (Phi) is 5.63. The first-order chi connectivity index (χ1) is 14.7. The standard InChI is InChI=1S/C25H21NO4/c1-3-19-16-28-17-20(25(27)22(19)4-2)15-18-9-11-21(12-10-18)26(23-7-5-13-29-23)24-8-6-14-30-24/h3-15H,1-2,16-17H2. The Morgan fingerprint density at radius 1 is 0.867 bits per heavy atom. The molecule has 5 heteroatoms. The van der Waals surface area contributed by atoms with Crippen LogP contribution in [0.3, 0.4) is 0 Å². The van der Waals surface area contributed by atoms with E-state index in [-0.39, 0.29) is 12.4 Å². The van der Waals surface area contributed by atoms with Crippen LogP contribution in [-0.2, 0) is 9.53 Å². The highest BCUT2D eigenvalue weighted by atomic mass is 16.5. The van der Waals surface area contributed by atoms with Crippen molar-refractivity contribution in [3.05, 3.63) is 109 Å². The van der Waals surface area contributed by atoms with E-state index in [9.17, 15) is 4.79 Å². The molecule has 0 saturated heterocycles. The predicted octanol–water partition coefficient (Wildman–Crippen LogP) is 5.99. The van der Waals surface area contributed by atoms with Crippen molar-refractivity contribution >= 4 is 29.3 Å². The smallest absolute Gasteiger partial charge is 0.206 e. The molecule has 30 heavy (non-hydrogen) atoms. The molecule has 0 unspecified atom stereocenters. The molecule has 5 nitrogen and oxygen atoms in total. The van der Waals surface area contributed by atoms with E-state index in [0.717, 1.165) is 16.8 Å². The Bertz CT molecular complexity index is 1070. The van der Waals surface area contributed by atoms with E-state index in [1.165, 1.54) is 0 Å². The molecule has 0 fully saturated rings. The van der Waals surface area contributed by atoms with Crippen LogP contribution in [-0.4, -0.2) is 19.0 Å². The Hall–Kier alpha value is -3.83. The molecule has 0 saturated carbocycles. The number of ketones is 1. The first-order valence-corrected chi connectivity index (χ1v) is 9.49. The highest BCUT2D eigenvalue weighted by Gasteiger charge is 2.21. The molecule has 0 spiro atoms. The summed E-state index contributed by atoms with van der Waals surface area (Å²) in [5, 5.41) is 0. The fraction of sp³-hybridized carbons (Fsp3) is 0.0800. The van der Waals surface area contributed by atoms with Crippen LogP contribution in [0.2, 0.25) is 0 Å². The highest BCUT2D eigenvalue weighted by molar-refractivity contribution is 6.13. The SMILES string of the molecule is C=CC1=C(C=C)C(=O)C(=Cc2ccc(N(c3ccco3)c3ccco3)cc2)COC1. The number of nitrogens with zero attached hydrogens (tertiary/aromatic N) is 1. The van der Waals surface area contributed by atoms with Gasteiger partial charge in [-0.05, 0) is 41.5 Å². The molecule has 2 aromatic heterocycles. The van der Waals surface area contributed by atoms with E-state index < -0.39 is 0 Å². The van der Waals surface area contributed by atoms with Crippen LogP contribution in [0, 0.1) is 0 Å². The average Bonchev–Trinajstić information content (AvgIpc) is 3.46. The number of hydrogen-bond acceptors (Lipinski definition) is 5. The van der Waals surface area contributed by atoms with Gasteiger partial charge in [0.05, 0.1) is 31.4 Å². The maximum Gasteiger partial charge on any atom is 0.206 e. The number of carbonyl (C=O) groups excluding carboxylic acids is 1. The van der Waals surface area contributed by atoms with Gasteiger partial charge in [0.1, 0.15) is 0 Å². The van der Waals surface area contributed by atoms with Gasteiger partial charge in [-0.1, -0.05) is 37.4 Å². The summed E-state index contributed by atoms with van der Waals surface area (Å²) < 4.78 is 16.8. The van der Waals surface area contributed by atoms with Crippen molar-refractivity contribution < 1.29 is 18.4 Å². The maximum atomic E-state index is 12.9. The Morgan fingerprint density at radius 3 is 2.07 bits per heavy atom. The van der Waals surface area contributed by atoms with Gasteiger partial charge in [-0.25, -0.2) is 0 Å². The molecular weight excluding hydrogens is 378 g/mol. The molecule has 4 rings (SSSR count). The molecule has 1 aromatic carbocycles. The molecule has 0 aliphatic carbocycles. The van der Waals surface area contributed by atoms with Crippen molar-refractivity contribution in [2.24, 2.45) is 0 Å². The Labute approximate surface area is 174 Å². The Balaban J connectivity index is 1.65. The van der Waals surface area contributed by atoms with Crippen LogP contribution in [0.25, 0.3) is 6.08 Å². The quantitative estimate of drug-likeness (QED) is 0.476. The molecule has 0 N–H and O–H groups in total. The molecule has 0 atom stereocenters. The minimum absolute atomic E-state index is 0.0886. The van der Waals surface area contributed by atoms with Gasteiger partial charge in [0.25, 0.3) is 0 Å². The third kappa shape index (κ3) is 3.83. The fourth-order valence-corrected chi connectivity index (χ4v) is 3.31. The number of benzene rings is 1. The number of ether oxygens (including phenoxy) is 1. The molecule has 3 aromatic rings. The average molecular weight is 399 g/mol. The Morgan fingerprint density at radius 2 is 1.53 bits per heavy atom. The molecule has 1 aliphatic rings. The summed E-state index contributed by atoms with van der Waals surface area (Å²) in [6.45, 7) is 8.10. The first kappa shape index (κ1) is 19.5. The summed E-state index contributed by atoms with van der Waals surface area (Å²) in [6, 6.07) is 15.1. The van der Waals surface area contributed by atoms with E-state index >= 15 is 0 Å². The van der Waals surface area contributed by atoms with Gasteiger partial charge >= 0.3 is 0 Å². The van der Waals surface area contributed by atoms with Crippen LogP contribution >= 0.6 is 0 Å². The summed E-state index contributed by atoms with van der Waals surface area (Å²) in [4.78, 5) is 14.7. The lowest BCUT2D eigenvalue weighted by molar-refractivity contribution is -0.112. The summed E-state index contributed by atoms with van der Waals surface area (Å²) in [5.41, 5.74) is 3.61. The van der Waals surface area contributed by atoms with Gasteiger partial charge in [0.2, 0.25) is 11.8 Å². The summed E-state index contributed by atoms with van der Waals surface area (Å²) in [6.07, 6.45) is 8.28. The number of carbonyl (C=O) groups is 1. The number of furan rings is 2. The lowest BCUT2D eigenvalue weighted by Crippen LogP contribution is -2.08. The van der Waals surface area contributed by atoms with Gasteiger partial charge in [-0.15, -0.1) is 0 Å². The van der Waals surface area contributed by atoms with E-state index in [2.05, 4.69) is 13.2 Å². The molecule has 3 heterocycles. The highest BCUT2D eigenvalue weighted by Crippen LogP contribution is 2.35. The molecule has 150 valence electrons. The number of anilines is 3. The van der Waals surface area contributed by atoms with Crippen molar-refractivity contribution in [1.82, 2.24) is 0 Å². The zero-order chi connectivity index (χ0) is 20.9. The molecule has 0 amide bonds. The largest absolute Gasteiger partial charge is 0.448 e. The lowest BCUT2D eigenvalue weighted by atomic mass is 9.98.